The van der Waals surface area contributed by atoms with E-state index in [0.29, 0.717) is 11.5 Å². The Kier molecular flexibility index (Phi) is 5.84. The van der Waals surface area contributed by atoms with Crippen LogP contribution in [0.3, 0.4) is 0 Å². The molecule has 80 valence electrons. The van der Waals surface area contributed by atoms with Crippen molar-refractivity contribution in [2.45, 2.75) is 33.6 Å². The summed E-state index contributed by atoms with van der Waals surface area (Å²) < 4.78 is 0. The summed E-state index contributed by atoms with van der Waals surface area (Å²) in [5.74, 6) is -0.346. The molecule has 0 spiro atoms. The van der Waals surface area contributed by atoms with Crippen molar-refractivity contribution in [3.05, 3.63) is 11.6 Å². The predicted molar refractivity (Wildman–Crippen MR) is 58.8 cm³/mol. The number of nitrogens with zero attached hydrogens (tertiary/aromatic N) is 1. The van der Waals surface area contributed by atoms with Crippen LogP contribution in [-0.4, -0.2) is 23.8 Å². The Labute approximate surface area is 85.6 Å². The Morgan fingerprint density at radius 1 is 1.43 bits per heavy atom. The zero-order valence-electron chi connectivity index (χ0n) is 9.37. The third kappa shape index (κ3) is 4.21. The first-order valence-electron chi connectivity index (χ1n) is 5.03. The van der Waals surface area contributed by atoms with E-state index in [1.165, 1.54) is 0 Å². The van der Waals surface area contributed by atoms with Crippen LogP contribution < -0.4 is 0 Å². The normalized spacial score (nSPS) is 17.1. The van der Waals surface area contributed by atoms with Crippen molar-refractivity contribution in [1.29, 1.82) is 0 Å². The molecule has 0 amide bonds. The molecule has 1 aliphatic carbocycles. The van der Waals surface area contributed by atoms with Crippen LogP contribution in [0, 0.1) is 5.92 Å². The highest BCUT2D eigenvalue weighted by atomic mass is 16.4. The summed E-state index contributed by atoms with van der Waals surface area (Å²) in [4.78, 5) is 14.5. The van der Waals surface area contributed by atoms with Crippen molar-refractivity contribution in [2.24, 2.45) is 10.9 Å². The van der Waals surface area contributed by atoms with E-state index in [9.17, 15) is 4.79 Å². The molecule has 3 heteroatoms. The van der Waals surface area contributed by atoms with Crippen molar-refractivity contribution in [1.82, 2.24) is 0 Å². The summed E-state index contributed by atoms with van der Waals surface area (Å²) in [6, 6.07) is 0. The molecule has 0 unspecified atom stereocenters. The molecule has 0 bridgehead atoms. The van der Waals surface area contributed by atoms with Gasteiger partial charge in [0.25, 0.3) is 0 Å². The highest BCUT2D eigenvalue weighted by Crippen LogP contribution is 2.31. The summed E-state index contributed by atoms with van der Waals surface area (Å²) in [6.45, 7) is 5.59. The van der Waals surface area contributed by atoms with E-state index < -0.39 is 5.97 Å². The van der Waals surface area contributed by atoms with Gasteiger partial charge in [-0.05, 0) is 25.8 Å². The van der Waals surface area contributed by atoms with Gasteiger partial charge >= 0.3 is 5.97 Å². The van der Waals surface area contributed by atoms with Crippen LogP contribution in [0.15, 0.2) is 16.6 Å². The molecule has 1 fully saturated rings. The fraction of sp³-hybridized carbons (Fsp3) is 0.636. The minimum atomic E-state index is -0.864. The average molecular weight is 197 g/mol. The zero-order chi connectivity index (χ0) is 11.1. The lowest BCUT2D eigenvalue weighted by molar-refractivity contribution is -0.132. The Bertz CT molecular complexity index is 250. The molecule has 0 radical (unpaired) electrons. The van der Waals surface area contributed by atoms with E-state index in [0.717, 1.165) is 18.6 Å². The van der Waals surface area contributed by atoms with Gasteiger partial charge in [-0.15, -0.1) is 0 Å². The van der Waals surface area contributed by atoms with Gasteiger partial charge in [0.15, 0.2) is 0 Å². The van der Waals surface area contributed by atoms with Gasteiger partial charge in [-0.3, -0.25) is 4.99 Å². The fourth-order valence-corrected chi connectivity index (χ4v) is 1.03. The monoisotopic (exact) mass is 197 g/mol. The van der Waals surface area contributed by atoms with Crippen molar-refractivity contribution in [2.75, 3.05) is 7.05 Å². The Hall–Kier alpha value is -1.12. The van der Waals surface area contributed by atoms with Crippen LogP contribution in [0.2, 0.25) is 0 Å². The average Bonchev–Trinajstić information content (AvgIpc) is 3.00. The Balaban J connectivity index is 0.000000791. The second-order valence-electron chi connectivity index (χ2n) is 3.06. The van der Waals surface area contributed by atoms with Crippen LogP contribution >= 0.6 is 0 Å². The number of carboxylic acids is 1. The third-order valence-electron chi connectivity index (χ3n) is 1.96. The van der Waals surface area contributed by atoms with Gasteiger partial charge in [0.1, 0.15) is 0 Å². The lowest BCUT2D eigenvalue weighted by atomic mass is 10.1. The SMILES string of the molecule is CC.CN=C(/C=C(\C)C(=O)O)C1CC1. The van der Waals surface area contributed by atoms with E-state index in [-0.39, 0.29) is 0 Å². The van der Waals surface area contributed by atoms with Crippen molar-refractivity contribution < 1.29 is 9.90 Å². The molecule has 0 aromatic carbocycles. The first-order chi connectivity index (χ1) is 6.65. The topological polar surface area (TPSA) is 49.7 Å². The van der Waals surface area contributed by atoms with Crippen LogP contribution in [0.4, 0.5) is 0 Å². The lowest BCUT2D eigenvalue weighted by Crippen LogP contribution is -2.03. The van der Waals surface area contributed by atoms with E-state index in [1.807, 2.05) is 13.8 Å². The second-order valence-corrected chi connectivity index (χ2v) is 3.06. The quantitative estimate of drug-likeness (QED) is 0.558. The number of carboxylic acid groups (broad SMARTS) is 1. The molecule has 0 aromatic heterocycles. The molecular formula is C11H19NO2. The molecule has 1 aliphatic rings. The van der Waals surface area contributed by atoms with Crippen LogP contribution in [0.1, 0.15) is 33.6 Å². The molecule has 1 N–H and O–H groups in total. The number of hydrogen-bond acceptors (Lipinski definition) is 2. The van der Waals surface area contributed by atoms with Crippen molar-refractivity contribution >= 4 is 11.7 Å². The largest absolute Gasteiger partial charge is 0.478 e. The van der Waals surface area contributed by atoms with Gasteiger partial charge in [0.05, 0.1) is 0 Å². The van der Waals surface area contributed by atoms with Crippen LogP contribution in [0.25, 0.3) is 0 Å². The first-order valence-corrected chi connectivity index (χ1v) is 5.03. The summed E-state index contributed by atoms with van der Waals surface area (Å²) in [5.41, 5.74) is 1.29. The molecule has 0 saturated heterocycles. The van der Waals surface area contributed by atoms with Crippen molar-refractivity contribution in [3.8, 4) is 0 Å². The molecule has 0 atom stereocenters. The van der Waals surface area contributed by atoms with Gasteiger partial charge < -0.3 is 5.11 Å². The van der Waals surface area contributed by atoms with Gasteiger partial charge in [-0.1, -0.05) is 13.8 Å². The number of aliphatic carboxylic acids is 1. The van der Waals surface area contributed by atoms with Gasteiger partial charge in [-0.2, -0.15) is 0 Å². The number of carbonyl (C=O) groups is 1. The molecule has 1 saturated carbocycles. The smallest absolute Gasteiger partial charge is 0.331 e. The molecule has 0 heterocycles. The Morgan fingerprint density at radius 3 is 2.21 bits per heavy atom. The Morgan fingerprint density at radius 2 is 1.93 bits per heavy atom. The van der Waals surface area contributed by atoms with E-state index in [2.05, 4.69) is 4.99 Å². The first kappa shape index (κ1) is 12.9. The zero-order valence-corrected chi connectivity index (χ0v) is 9.37. The number of rotatable bonds is 3. The molecular weight excluding hydrogens is 178 g/mol. The minimum Gasteiger partial charge on any atom is -0.478 e. The van der Waals surface area contributed by atoms with E-state index in [4.69, 9.17) is 5.11 Å². The standard InChI is InChI=1S/C9H13NO2.C2H6/c1-6(9(11)12)5-8(10-2)7-3-4-7;1-2/h5,7H,3-4H2,1-2H3,(H,11,12);1-2H3/b6-5+,10-8?;. The number of allylic oxidation sites excluding steroid dienone is 1. The summed E-state index contributed by atoms with van der Waals surface area (Å²) in [5, 5.41) is 8.61. The molecule has 3 nitrogen and oxygen atoms in total. The summed E-state index contributed by atoms with van der Waals surface area (Å²) in [7, 11) is 1.71. The van der Waals surface area contributed by atoms with Gasteiger partial charge in [-0.25, -0.2) is 4.79 Å². The van der Waals surface area contributed by atoms with Crippen LogP contribution in [-0.2, 0) is 4.79 Å². The number of hydrogen-bond donors (Lipinski definition) is 1. The second kappa shape index (κ2) is 6.35. The maximum Gasteiger partial charge on any atom is 0.331 e. The molecule has 0 aliphatic heterocycles. The van der Waals surface area contributed by atoms with Crippen molar-refractivity contribution in [3.63, 3.8) is 0 Å². The molecule has 1 rings (SSSR count). The highest BCUT2D eigenvalue weighted by Gasteiger charge is 2.25. The fourth-order valence-electron chi connectivity index (χ4n) is 1.03. The predicted octanol–water partition coefficient (Wildman–Crippen LogP) is 2.52. The maximum atomic E-state index is 10.5. The van der Waals surface area contributed by atoms with Gasteiger partial charge in [0.2, 0.25) is 0 Å². The molecule has 14 heavy (non-hydrogen) atoms. The minimum absolute atomic E-state index is 0.363. The van der Waals surface area contributed by atoms with Gasteiger partial charge in [0, 0.05) is 24.3 Å². The maximum absolute atomic E-state index is 10.5. The highest BCUT2D eigenvalue weighted by molar-refractivity contribution is 6.03. The third-order valence-corrected chi connectivity index (χ3v) is 1.96. The lowest BCUT2D eigenvalue weighted by Gasteiger charge is -1.96. The number of aliphatic imine (C=N–C) groups is 1. The van der Waals surface area contributed by atoms with Crippen LogP contribution in [0.5, 0.6) is 0 Å². The van der Waals surface area contributed by atoms with E-state index >= 15 is 0 Å². The molecule has 0 aromatic rings. The summed E-state index contributed by atoms with van der Waals surface area (Å²) >= 11 is 0. The van der Waals surface area contributed by atoms with E-state index in [1.54, 1.807) is 20.0 Å². The summed E-state index contributed by atoms with van der Waals surface area (Å²) in [6.07, 6.45) is 3.96.